The number of rotatable bonds is 5. The van der Waals surface area contributed by atoms with E-state index < -0.39 is 0 Å². The van der Waals surface area contributed by atoms with Crippen molar-refractivity contribution in [2.75, 3.05) is 25.6 Å². The van der Waals surface area contributed by atoms with Crippen LogP contribution in [0.3, 0.4) is 0 Å². The molecule has 4 rings (SSSR count). The molecule has 8 heteroatoms. The quantitative estimate of drug-likeness (QED) is 0.647. The number of hydrogen-bond acceptors (Lipinski definition) is 6. The molecule has 0 aliphatic carbocycles. The number of amides is 1. The molecule has 28 heavy (non-hydrogen) atoms. The lowest BCUT2D eigenvalue weighted by Gasteiger charge is -2.22. The minimum atomic E-state index is -0.341. The van der Waals surface area contributed by atoms with Crippen LogP contribution in [0.15, 0.2) is 34.9 Å². The Morgan fingerprint density at radius 3 is 2.89 bits per heavy atom. The Bertz CT molecular complexity index is 998. The summed E-state index contributed by atoms with van der Waals surface area (Å²) in [5.74, 6) is 0.816. The molecule has 0 spiro atoms. The van der Waals surface area contributed by atoms with Crippen LogP contribution in [-0.4, -0.2) is 36.2 Å². The summed E-state index contributed by atoms with van der Waals surface area (Å²) in [4.78, 5) is 21.1. The second kappa shape index (κ2) is 8.16. The average molecular weight is 402 g/mol. The molecule has 2 aromatic heterocycles. The summed E-state index contributed by atoms with van der Waals surface area (Å²) in [6.45, 7) is 1.45. The van der Waals surface area contributed by atoms with Gasteiger partial charge in [0.1, 0.15) is 5.75 Å². The van der Waals surface area contributed by atoms with Gasteiger partial charge < -0.3 is 13.9 Å². The van der Waals surface area contributed by atoms with E-state index in [4.69, 9.17) is 25.5 Å². The minimum Gasteiger partial charge on any atom is -0.494 e. The number of alkyl halides is 1. The molecule has 1 aliphatic heterocycles. The van der Waals surface area contributed by atoms with Gasteiger partial charge in [-0.25, -0.2) is 0 Å². The predicted molar refractivity (Wildman–Crippen MR) is 105 cm³/mol. The van der Waals surface area contributed by atoms with Crippen molar-refractivity contribution in [1.82, 2.24) is 9.97 Å². The summed E-state index contributed by atoms with van der Waals surface area (Å²) in [7, 11) is 1.58. The summed E-state index contributed by atoms with van der Waals surface area (Å²) in [5, 5.41) is 2.71. The molecule has 1 amide bonds. The van der Waals surface area contributed by atoms with Crippen LogP contribution in [-0.2, 0) is 10.6 Å². The first-order chi connectivity index (χ1) is 13.7. The monoisotopic (exact) mass is 401 g/mol. The van der Waals surface area contributed by atoms with Crippen LogP contribution in [0.2, 0.25) is 0 Å². The van der Waals surface area contributed by atoms with E-state index in [2.05, 4.69) is 15.3 Å². The van der Waals surface area contributed by atoms with Gasteiger partial charge in [-0.05, 0) is 37.0 Å². The lowest BCUT2D eigenvalue weighted by atomic mass is 9.91. The first-order valence-electron chi connectivity index (χ1n) is 9.07. The van der Waals surface area contributed by atoms with Crippen molar-refractivity contribution >= 4 is 34.6 Å². The van der Waals surface area contributed by atoms with Crippen LogP contribution >= 0.6 is 11.6 Å². The van der Waals surface area contributed by atoms with E-state index in [0.717, 1.165) is 31.6 Å². The molecule has 146 valence electrons. The highest BCUT2D eigenvalue weighted by atomic mass is 35.5. The maximum absolute atomic E-state index is 12.6. The Balaban J connectivity index is 1.66. The number of aromatic nitrogens is 2. The topological polar surface area (TPSA) is 86.5 Å². The van der Waals surface area contributed by atoms with Crippen LogP contribution in [0.1, 0.15) is 40.4 Å². The number of ether oxygens (including phenoxy) is 2. The fraction of sp³-hybridized carbons (Fsp3) is 0.350. The third kappa shape index (κ3) is 3.68. The van der Waals surface area contributed by atoms with Gasteiger partial charge in [-0.2, -0.15) is 4.98 Å². The van der Waals surface area contributed by atoms with Gasteiger partial charge in [0.05, 0.1) is 18.7 Å². The molecule has 0 radical (unpaired) electrons. The summed E-state index contributed by atoms with van der Waals surface area (Å²) >= 11 is 5.79. The van der Waals surface area contributed by atoms with E-state index in [0.29, 0.717) is 34.0 Å². The number of anilines is 1. The van der Waals surface area contributed by atoms with Crippen molar-refractivity contribution in [3.8, 4) is 5.75 Å². The third-order valence-electron chi connectivity index (χ3n) is 4.85. The van der Waals surface area contributed by atoms with Crippen LogP contribution < -0.4 is 10.1 Å². The summed E-state index contributed by atoms with van der Waals surface area (Å²) < 4.78 is 16.8. The van der Waals surface area contributed by atoms with Gasteiger partial charge in [-0.1, -0.05) is 6.07 Å². The molecule has 1 N–H and O–H groups in total. The largest absolute Gasteiger partial charge is 0.494 e. The number of benzene rings is 1. The highest BCUT2D eigenvalue weighted by Crippen LogP contribution is 2.37. The van der Waals surface area contributed by atoms with Crippen molar-refractivity contribution < 1.29 is 18.7 Å². The van der Waals surface area contributed by atoms with E-state index in [1.54, 1.807) is 25.4 Å². The number of halogens is 1. The fourth-order valence-electron chi connectivity index (χ4n) is 3.41. The highest BCUT2D eigenvalue weighted by Gasteiger charge is 2.23. The van der Waals surface area contributed by atoms with E-state index in [1.807, 2.05) is 12.1 Å². The Hall–Kier alpha value is -2.64. The van der Waals surface area contributed by atoms with Crippen molar-refractivity contribution in [2.24, 2.45) is 0 Å². The number of methoxy groups -OCH3 is 1. The average Bonchev–Trinajstić information content (AvgIpc) is 3.17. The van der Waals surface area contributed by atoms with Crippen LogP contribution in [0.25, 0.3) is 11.1 Å². The molecular weight excluding hydrogens is 382 g/mol. The lowest BCUT2D eigenvalue weighted by Crippen LogP contribution is -2.14. The van der Waals surface area contributed by atoms with Crippen molar-refractivity contribution in [2.45, 2.75) is 24.6 Å². The number of oxazole rings is 1. The molecular formula is C20H20ClN3O4. The normalized spacial score (nSPS) is 14.9. The summed E-state index contributed by atoms with van der Waals surface area (Å²) in [6.07, 6.45) is 3.38. The lowest BCUT2D eigenvalue weighted by molar-refractivity contribution is 0.0854. The molecule has 1 aliphatic rings. The molecule has 0 bridgehead atoms. The first-order valence-corrected chi connectivity index (χ1v) is 9.60. The van der Waals surface area contributed by atoms with E-state index >= 15 is 0 Å². The van der Waals surface area contributed by atoms with E-state index in [-0.39, 0.29) is 17.8 Å². The predicted octanol–water partition coefficient (Wildman–Crippen LogP) is 4.12. The number of carbonyl (C=O) groups is 1. The van der Waals surface area contributed by atoms with Crippen molar-refractivity contribution in [3.63, 3.8) is 0 Å². The summed E-state index contributed by atoms with van der Waals surface area (Å²) in [5.41, 5.74) is 3.34. The Kier molecular flexibility index (Phi) is 5.45. The smallest absolute Gasteiger partial charge is 0.302 e. The zero-order chi connectivity index (χ0) is 19.5. The second-order valence-corrected chi connectivity index (χ2v) is 6.83. The van der Waals surface area contributed by atoms with Crippen molar-refractivity contribution in [1.29, 1.82) is 0 Å². The molecule has 3 heterocycles. The number of carbonyl (C=O) groups excluding carboxylic acids is 1. The Morgan fingerprint density at radius 2 is 2.14 bits per heavy atom. The van der Waals surface area contributed by atoms with Gasteiger partial charge in [0.15, 0.2) is 11.1 Å². The Labute approximate surface area is 167 Å². The van der Waals surface area contributed by atoms with Gasteiger partial charge >= 0.3 is 6.01 Å². The number of fused-ring (bicyclic) bond motifs is 1. The third-order valence-corrected chi connectivity index (χ3v) is 5.13. The van der Waals surface area contributed by atoms with Crippen LogP contribution in [0.5, 0.6) is 5.75 Å². The van der Waals surface area contributed by atoms with Crippen molar-refractivity contribution in [3.05, 3.63) is 47.3 Å². The van der Waals surface area contributed by atoms with Gasteiger partial charge in [0.2, 0.25) is 0 Å². The number of pyridine rings is 1. The molecule has 1 fully saturated rings. The molecule has 0 atom stereocenters. The molecule has 3 aromatic rings. The Morgan fingerprint density at radius 1 is 1.32 bits per heavy atom. The first kappa shape index (κ1) is 18.7. The van der Waals surface area contributed by atoms with Crippen LogP contribution in [0.4, 0.5) is 6.01 Å². The molecule has 1 saturated heterocycles. The van der Waals surface area contributed by atoms with E-state index in [9.17, 15) is 4.79 Å². The number of nitrogens with zero attached hydrogens (tertiary/aromatic N) is 2. The maximum Gasteiger partial charge on any atom is 0.302 e. The second-order valence-electron chi connectivity index (χ2n) is 6.56. The molecule has 1 aromatic carbocycles. The SMILES string of the molecule is COc1ccc(C2CCOCC2)c2oc(NC(=O)c3ccnc(CCl)c3)nc12. The van der Waals surface area contributed by atoms with Gasteiger partial charge in [-0.15, -0.1) is 11.6 Å². The number of hydrogen-bond donors (Lipinski definition) is 1. The fourth-order valence-corrected chi connectivity index (χ4v) is 3.56. The molecule has 0 saturated carbocycles. The van der Waals surface area contributed by atoms with Crippen LogP contribution in [0, 0.1) is 0 Å². The zero-order valence-electron chi connectivity index (χ0n) is 15.4. The highest BCUT2D eigenvalue weighted by molar-refractivity contribution is 6.17. The minimum absolute atomic E-state index is 0.127. The van der Waals surface area contributed by atoms with E-state index in [1.165, 1.54) is 0 Å². The van der Waals surface area contributed by atoms with Gasteiger partial charge in [-0.3, -0.25) is 15.1 Å². The standard InChI is InChI=1S/C20H20ClN3O4/c1-26-16-3-2-15(12-5-8-27-9-6-12)18-17(16)23-20(28-18)24-19(25)13-4-7-22-14(10-13)11-21/h2-4,7,10,12H,5-6,8-9,11H2,1H3,(H,23,24,25). The zero-order valence-corrected chi connectivity index (χ0v) is 16.2. The maximum atomic E-state index is 12.6. The van der Waals surface area contributed by atoms with Gasteiger partial charge in [0, 0.05) is 30.5 Å². The number of nitrogens with one attached hydrogen (secondary N) is 1. The molecule has 0 unspecified atom stereocenters. The van der Waals surface area contributed by atoms with Gasteiger partial charge in [0.25, 0.3) is 5.91 Å². The summed E-state index contributed by atoms with van der Waals surface area (Å²) in [6, 6.07) is 7.27. The molecule has 7 nitrogen and oxygen atoms in total.